The van der Waals surface area contributed by atoms with Crippen LogP contribution in [0.1, 0.15) is 18.4 Å². The zero-order valence-corrected chi connectivity index (χ0v) is 11.0. The van der Waals surface area contributed by atoms with E-state index in [4.69, 9.17) is 5.14 Å². The lowest BCUT2D eigenvalue weighted by Crippen LogP contribution is -2.30. The maximum absolute atomic E-state index is 10.8. The first-order chi connectivity index (χ1) is 8.79. The molecule has 1 aromatic carbocycles. The molecule has 19 heavy (non-hydrogen) atoms. The normalized spacial score (nSPS) is 14.7. The lowest BCUT2D eigenvalue weighted by atomic mass is 10.00. The average molecular weight is 289 g/mol. The van der Waals surface area contributed by atoms with Crippen molar-refractivity contribution in [1.29, 1.82) is 0 Å². The molecule has 3 N–H and O–H groups in total. The van der Waals surface area contributed by atoms with E-state index in [1.54, 1.807) is 30.3 Å². The van der Waals surface area contributed by atoms with E-state index in [2.05, 4.69) is 8.92 Å². The number of carbonyl (C=O) groups is 1. The Kier molecular flexibility index (Phi) is 5.43. The summed E-state index contributed by atoms with van der Waals surface area (Å²) in [5, 5.41) is 14.5. The van der Waals surface area contributed by atoms with Gasteiger partial charge in [-0.05, 0) is 5.56 Å². The van der Waals surface area contributed by atoms with Crippen LogP contribution in [-0.2, 0) is 24.0 Å². The van der Waals surface area contributed by atoms with Crippen LogP contribution in [0.15, 0.2) is 30.3 Å². The van der Waals surface area contributed by atoms with Gasteiger partial charge in [-0.15, -0.1) is 0 Å². The highest BCUT2D eigenvalue weighted by molar-refractivity contribution is 7.84. The molecular weight excluding hydrogens is 274 g/mol. The number of hydrogen-bond acceptors (Lipinski definition) is 6. The highest BCUT2D eigenvalue weighted by atomic mass is 32.2. The van der Waals surface area contributed by atoms with E-state index >= 15 is 0 Å². The molecule has 0 aliphatic heterocycles. The second kappa shape index (κ2) is 6.62. The summed E-state index contributed by atoms with van der Waals surface area (Å²) in [4.78, 5) is 10.8. The molecular formula is C11H15NO6S. The molecule has 7 nitrogen and oxygen atoms in total. The Hall–Kier alpha value is -1.48. The summed E-state index contributed by atoms with van der Waals surface area (Å²) in [5.74, 6) is -1.55. The number of rotatable bonds is 6. The minimum absolute atomic E-state index is 0.433. The molecule has 1 unspecified atom stereocenters. The van der Waals surface area contributed by atoms with Gasteiger partial charge in [-0.25, -0.2) is 5.14 Å². The Bertz CT molecular complexity index is 515. The lowest BCUT2D eigenvalue weighted by Gasteiger charge is -2.22. The molecule has 0 radical (unpaired) electrons. The summed E-state index contributed by atoms with van der Waals surface area (Å²) in [6.07, 6.45) is -1.53. The molecule has 1 rings (SSSR count). The van der Waals surface area contributed by atoms with Crippen LogP contribution < -0.4 is 5.14 Å². The summed E-state index contributed by atoms with van der Waals surface area (Å²) in [6.45, 7) is 0.698. The third-order valence-corrected chi connectivity index (χ3v) is 2.74. The van der Waals surface area contributed by atoms with E-state index in [0.29, 0.717) is 5.56 Å². The number of hydrogen-bond donors (Lipinski definition) is 2. The Labute approximate surface area is 111 Å². The van der Waals surface area contributed by atoms with Crippen molar-refractivity contribution in [3.63, 3.8) is 0 Å². The maximum Gasteiger partial charge on any atom is 0.333 e. The van der Waals surface area contributed by atoms with Crippen LogP contribution in [0.3, 0.4) is 0 Å². The number of aliphatic hydroxyl groups excluding tert-OH is 1. The molecule has 0 fully saturated rings. The number of carbonyl (C=O) groups excluding carboxylic acids is 1. The summed E-state index contributed by atoms with van der Waals surface area (Å²) in [7, 11) is -4.14. The number of aliphatic hydroxyl groups is 1. The summed E-state index contributed by atoms with van der Waals surface area (Å²) < 4.78 is 30.6. The average Bonchev–Trinajstić information content (AvgIpc) is 2.28. The number of nitrogens with two attached hydrogens (primary N) is 1. The third kappa shape index (κ3) is 5.79. The van der Waals surface area contributed by atoms with E-state index in [1.807, 2.05) is 0 Å². The van der Waals surface area contributed by atoms with Crippen LogP contribution in [0.25, 0.3) is 0 Å². The van der Waals surface area contributed by atoms with Gasteiger partial charge in [0.15, 0.2) is 0 Å². The van der Waals surface area contributed by atoms with Gasteiger partial charge in [0.05, 0.1) is 12.5 Å². The Morgan fingerprint density at radius 3 is 2.42 bits per heavy atom. The minimum Gasteiger partial charge on any atom is -0.435 e. The van der Waals surface area contributed by atoms with Crippen molar-refractivity contribution in [2.24, 2.45) is 5.14 Å². The first-order valence-electron chi connectivity index (χ1n) is 5.37. The van der Waals surface area contributed by atoms with E-state index < -0.39 is 35.1 Å². The first kappa shape index (κ1) is 15.6. The van der Waals surface area contributed by atoms with Gasteiger partial charge in [0, 0.05) is 6.92 Å². The van der Waals surface area contributed by atoms with Gasteiger partial charge in [0.25, 0.3) is 0 Å². The third-order valence-electron chi connectivity index (χ3n) is 2.27. The Balaban J connectivity index is 2.88. The van der Waals surface area contributed by atoms with Crippen LogP contribution >= 0.6 is 0 Å². The van der Waals surface area contributed by atoms with Crippen molar-refractivity contribution in [1.82, 2.24) is 0 Å². The van der Waals surface area contributed by atoms with Crippen LogP contribution in [0.5, 0.6) is 0 Å². The molecule has 8 heteroatoms. The van der Waals surface area contributed by atoms with Gasteiger partial charge in [-0.3, -0.25) is 8.98 Å². The molecule has 2 atom stereocenters. The second-order valence-electron chi connectivity index (χ2n) is 3.79. The van der Waals surface area contributed by atoms with Crippen molar-refractivity contribution in [2.75, 3.05) is 6.61 Å². The quantitative estimate of drug-likeness (QED) is 0.556. The zero-order chi connectivity index (χ0) is 14.5. The largest absolute Gasteiger partial charge is 0.435 e. The van der Waals surface area contributed by atoms with Gasteiger partial charge in [0.2, 0.25) is 6.29 Å². The summed E-state index contributed by atoms with van der Waals surface area (Å²) in [6, 6.07) is 8.42. The summed E-state index contributed by atoms with van der Waals surface area (Å²) in [5.41, 5.74) is 0.555. The fourth-order valence-corrected chi connectivity index (χ4v) is 1.80. The minimum atomic E-state index is -4.14. The monoisotopic (exact) mass is 289 g/mol. The molecule has 106 valence electrons. The van der Waals surface area contributed by atoms with Gasteiger partial charge in [-0.1, -0.05) is 30.3 Å². The first-order valence-corrected chi connectivity index (χ1v) is 6.84. The van der Waals surface area contributed by atoms with Gasteiger partial charge in [-0.2, -0.15) is 8.42 Å². The van der Waals surface area contributed by atoms with Crippen molar-refractivity contribution in [3.8, 4) is 0 Å². The highest BCUT2D eigenvalue weighted by Gasteiger charge is 2.25. The Morgan fingerprint density at radius 1 is 1.37 bits per heavy atom. The van der Waals surface area contributed by atoms with Crippen LogP contribution in [0.4, 0.5) is 0 Å². The van der Waals surface area contributed by atoms with E-state index in [9.17, 15) is 18.3 Å². The van der Waals surface area contributed by atoms with Crippen LogP contribution in [0.2, 0.25) is 0 Å². The van der Waals surface area contributed by atoms with E-state index in [-0.39, 0.29) is 0 Å². The molecule has 1 aromatic rings. The predicted octanol–water partition coefficient (Wildman–Crippen LogP) is -0.128. The second-order valence-corrected chi connectivity index (χ2v) is 5.02. The highest BCUT2D eigenvalue weighted by Crippen LogP contribution is 2.21. The summed E-state index contributed by atoms with van der Waals surface area (Å²) >= 11 is 0. The fourth-order valence-electron chi connectivity index (χ4n) is 1.46. The van der Waals surface area contributed by atoms with Crippen molar-refractivity contribution in [2.45, 2.75) is 19.1 Å². The van der Waals surface area contributed by atoms with Crippen LogP contribution in [0, 0.1) is 0 Å². The fraction of sp³-hybridized carbons (Fsp3) is 0.364. The van der Waals surface area contributed by atoms with Crippen molar-refractivity contribution in [3.05, 3.63) is 35.9 Å². The molecule has 0 amide bonds. The van der Waals surface area contributed by atoms with E-state index in [0.717, 1.165) is 6.92 Å². The zero-order valence-electron chi connectivity index (χ0n) is 10.2. The molecule has 0 aliphatic rings. The van der Waals surface area contributed by atoms with Gasteiger partial charge >= 0.3 is 16.3 Å². The van der Waals surface area contributed by atoms with E-state index in [1.165, 1.54) is 0 Å². The maximum atomic E-state index is 10.8. The topological polar surface area (TPSA) is 116 Å². The smallest absolute Gasteiger partial charge is 0.333 e. The predicted molar refractivity (Wildman–Crippen MR) is 66.0 cm³/mol. The molecule has 0 saturated carbocycles. The number of esters is 1. The molecule has 0 heterocycles. The van der Waals surface area contributed by atoms with Crippen molar-refractivity contribution < 1.29 is 27.2 Å². The SMILES string of the molecule is CC(=O)O[C@H](O)C(COS(N)(=O)=O)c1ccccc1. The molecule has 0 spiro atoms. The standard InChI is InChI=1S/C11H15NO6S/c1-8(13)18-11(14)10(7-17-19(12,15)16)9-5-3-2-4-6-9/h2-6,10-11,14H,7H2,1H3,(H2,12,15,16)/t10?,11-/m0/s1. The molecule has 0 saturated heterocycles. The number of ether oxygens (including phenoxy) is 1. The lowest BCUT2D eigenvalue weighted by molar-refractivity contribution is -0.170. The number of benzene rings is 1. The van der Waals surface area contributed by atoms with Gasteiger partial charge in [0.1, 0.15) is 0 Å². The molecule has 0 aliphatic carbocycles. The molecule has 0 bridgehead atoms. The van der Waals surface area contributed by atoms with Crippen LogP contribution in [-0.4, -0.2) is 32.4 Å². The van der Waals surface area contributed by atoms with Crippen molar-refractivity contribution >= 4 is 16.3 Å². The van der Waals surface area contributed by atoms with Gasteiger partial charge < -0.3 is 9.84 Å². The Morgan fingerprint density at radius 2 is 1.95 bits per heavy atom. The molecule has 0 aromatic heterocycles.